The zero-order chi connectivity index (χ0) is 14.7. The molecular weight excluding hydrogens is 282 g/mol. The number of thioether (sulfide) groups is 1. The molecule has 2 N–H and O–H groups in total. The molecule has 7 heteroatoms. The standard InChI is InChI=1S/C12H23N3O2S2/c1-12(2,18-5)9-14-19(16,17)11-6-10(7-13-3)15(4)8-11/h6,8,13-14H,7,9H2,1-5H3. The molecule has 0 saturated heterocycles. The maximum Gasteiger partial charge on any atom is 0.242 e. The van der Waals surface area contributed by atoms with E-state index in [1.165, 1.54) is 0 Å². The Kier molecular flexibility index (Phi) is 5.49. The van der Waals surface area contributed by atoms with Gasteiger partial charge in [0.25, 0.3) is 0 Å². The summed E-state index contributed by atoms with van der Waals surface area (Å²) in [7, 11) is 0.243. The summed E-state index contributed by atoms with van der Waals surface area (Å²) < 4.78 is 28.8. The Balaban J connectivity index is 2.86. The molecule has 0 aromatic carbocycles. The lowest BCUT2D eigenvalue weighted by Gasteiger charge is -2.21. The predicted molar refractivity (Wildman–Crippen MR) is 81.0 cm³/mol. The SMILES string of the molecule is CNCc1cc(S(=O)(=O)NCC(C)(C)SC)cn1C. The maximum absolute atomic E-state index is 12.2. The molecule has 1 heterocycles. The maximum atomic E-state index is 12.2. The molecule has 0 aliphatic carbocycles. The fourth-order valence-corrected chi connectivity index (χ4v) is 3.12. The second-order valence-corrected chi connectivity index (χ2v) is 8.38. The zero-order valence-electron chi connectivity index (χ0n) is 12.1. The van der Waals surface area contributed by atoms with E-state index >= 15 is 0 Å². The molecule has 0 spiro atoms. The van der Waals surface area contributed by atoms with Crippen LogP contribution < -0.4 is 10.0 Å². The van der Waals surface area contributed by atoms with Crippen LogP contribution in [0.3, 0.4) is 0 Å². The Bertz CT molecular complexity index is 521. The van der Waals surface area contributed by atoms with Gasteiger partial charge in [0.1, 0.15) is 0 Å². The molecule has 0 fully saturated rings. The summed E-state index contributed by atoms with van der Waals surface area (Å²) in [5.41, 5.74) is 0.937. The van der Waals surface area contributed by atoms with E-state index in [4.69, 9.17) is 0 Å². The van der Waals surface area contributed by atoms with E-state index in [-0.39, 0.29) is 4.75 Å². The van der Waals surface area contributed by atoms with Gasteiger partial charge < -0.3 is 9.88 Å². The van der Waals surface area contributed by atoms with Crippen LogP contribution in [0.1, 0.15) is 19.5 Å². The molecule has 0 saturated carbocycles. The van der Waals surface area contributed by atoms with Crippen molar-refractivity contribution in [1.29, 1.82) is 0 Å². The quantitative estimate of drug-likeness (QED) is 0.793. The molecule has 110 valence electrons. The van der Waals surface area contributed by atoms with E-state index in [2.05, 4.69) is 10.0 Å². The molecule has 0 aliphatic rings. The van der Waals surface area contributed by atoms with Crippen LogP contribution in [-0.2, 0) is 23.6 Å². The fraction of sp³-hybridized carbons (Fsp3) is 0.667. The number of aromatic nitrogens is 1. The van der Waals surface area contributed by atoms with Gasteiger partial charge in [-0.1, -0.05) is 0 Å². The van der Waals surface area contributed by atoms with E-state index < -0.39 is 10.0 Å². The monoisotopic (exact) mass is 305 g/mol. The molecule has 0 unspecified atom stereocenters. The summed E-state index contributed by atoms with van der Waals surface area (Å²) in [5, 5.41) is 3.02. The molecule has 1 aromatic rings. The Morgan fingerprint density at radius 3 is 2.58 bits per heavy atom. The minimum absolute atomic E-state index is 0.115. The molecule has 0 atom stereocenters. The molecule has 5 nitrogen and oxygen atoms in total. The highest BCUT2D eigenvalue weighted by atomic mass is 32.2. The summed E-state index contributed by atoms with van der Waals surface area (Å²) in [4.78, 5) is 0.317. The van der Waals surface area contributed by atoms with Gasteiger partial charge in [0.15, 0.2) is 0 Å². The number of aryl methyl sites for hydroxylation is 1. The van der Waals surface area contributed by atoms with E-state index in [1.807, 2.05) is 38.8 Å². The Labute approximate surface area is 120 Å². The van der Waals surface area contributed by atoms with Gasteiger partial charge in [-0.25, -0.2) is 13.1 Å². The fourth-order valence-electron chi connectivity index (χ4n) is 1.51. The van der Waals surface area contributed by atoms with Crippen LogP contribution in [0.25, 0.3) is 0 Å². The molecule has 19 heavy (non-hydrogen) atoms. The van der Waals surface area contributed by atoms with Gasteiger partial charge in [0.05, 0.1) is 4.90 Å². The first-order chi connectivity index (χ1) is 8.72. The Morgan fingerprint density at radius 1 is 1.42 bits per heavy atom. The largest absolute Gasteiger partial charge is 0.352 e. The topological polar surface area (TPSA) is 63.1 Å². The summed E-state index contributed by atoms with van der Waals surface area (Å²) in [6.45, 7) is 5.07. The number of rotatable bonds is 7. The van der Waals surface area contributed by atoms with Crippen LogP contribution in [0.5, 0.6) is 0 Å². The lowest BCUT2D eigenvalue weighted by atomic mass is 10.2. The lowest BCUT2D eigenvalue weighted by Crippen LogP contribution is -2.35. The third-order valence-electron chi connectivity index (χ3n) is 2.99. The highest BCUT2D eigenvalue weighted by molar-refractivity contribution is 8.00. The third kappa shape index (κ3) is 4.52. The van der Waals surface area contributed by atoms with Crippen LogP contribution in [0.4, 0.5) is 0 Å². The van der Waals surface area contributed by atoms with Crippen LogP contribution >= 0.6 is 11.8 Å². The van der Waals surface area contributed by atoms with Crippen molar-refractivity contribution in [2.24, 2.45) is 7.05 Å². The van der Waals surface area contributed by atoms with Crippen LogP contribution in [0.2, 0.25) is 0 Å². The van der Waals surface area contributed by atoms with Crippen molar-refractivity contribution >= 4 is 21.8 Å². The van der Waals surface area contributed by atoms with E-state index in [9.17, 15) is 8.42 Å². The van der Waals surface area contributed by atoms with Crippen molar-refractivity contribution in [3.63, 3.8) is 0 Å². The van der Waals surface area contributed by atoms with Crippen LogP contribution in [-0.4, -0.2) is 37.6 Å². The van der Waals surface area contributed by atoms with Gasteiger partial charge in [-0.15, -0.1) is 0 Å². The number of sulfonamides is 1. The minimum Gasteiger partial charge on any atom is -0.352 e. The van der Waals surface area contributed by atoms with Crippen molar-refractivity contribution in [2.45, 2.75) is 30.0 Å². The van der Waals surface area contributed by atoms with E-state index in [0.29, 0.717) is 18.0 Å². The highest BCUT2D eigenvalue weighted by Gasteiger charge is 2.22. The van der Waals surface area contributed by atoms with E-state index in [0.717, 1.165) is 5.69 Å². The summed E-state index contributed by atoms with van der Waals surface area (Å²) in [6.07, 6.45) is 3.61. The minimum atomic E-state index is -3.44. The van der Waals surface area contributed by atoms with Gasteiger partial charge in [-0.05, 0) is 33.2 Å². The van der Waals surface area contributed by atoms with Gasteiger partial charge in [-0.2, -0.15) is 11.8 Å². The molecule has 1 aromatic heterocycles. The number of hydrogen-bond acceptors (Lipinski definition) is 4. The van der Waals surface area contributed by atoms with Crippen LogP contribution in [0, 0.1) is 0 Å². The van der Waals surface area contributed by atoms with Crippen LogP contribution in [0.15, 0.2) is 17.2 Å². The van der Waals surface area contributed by atoms with Gasteiger partial charge >= 0.3 is 0 Å². The first-order valence-electron chi connectivity index (χ1n) is 6.06. The molecular formula is C12H23N3O2S2. The van der Waals surface area contributed by atoms with Gasteiger partial charge in [0, 0.05) is 36.8 Å². The zero-order valence-corrected chi connectivity index (χ0v) is 13.8. The third-order valence-corrected chi connectivity index (χ3v) is 5.61. The molecule has 0 bridgehead atoms. The normalized spacial score (nSPS) is 12.9. The predicted octanol–water partition coefficient (Wildman–Crippen LogP) is 1.16. The van der Waals surface area contributed by atoms with Gasteiger partial charge in [-0.3, -0.25) is 0 Å². The Morgan fingerprint density at radius 2 is 2.05 bits per heavy atom. The smallest absolute Gasteiger partial charge is 0.242 e. The lowest BCUT2D eigenvalue weighted by molar-refractivity contribution is 0.570. The summed E-state index contributed by atoms with van der Waals surface area (Å²) in [6, 6.07) is 1.70. The first kappa shape index (κ1) is 16.6. The Hall–Kier alpha value is -0.500. The summed E-state index contributed by atoms with van der Waals surface area (Å²) in [5.74, 6) is 0. The number of hydrogen-bond donors (Lipinski definition) is 2. The second-order valence-electron chi connectivity index (χ2n) is 5.10. The van der Waals surface area contributed by atoms with Gasteiger partial charge in [0.2, 0.25) is 10.0 Å². The van der Waals surface area contributed by atoms with Crippen molar-refractivity contribution in [3.8, 4) is 0 Å². The molecule has 0 radical (unpaired) electrons. The highest BCUT2D eigenvalue weighted by Crippen LogP contribution is 2.21. The second kappa shape index (κ2) is 6.30. The first-order valence-corrected chi connectivity index (χ1v) is 8.77. The summed E-state index contributed by atoms with van der Waals surface area (Å²) >= 11 is 1.64. The number of nitrogens with one attached hydrogen (secondary N) is 2. The van der Waals surface area contributed by atoms with Crippen molar-refractivity contribution < 1.29 is 8.42 Å². The van der Waals surface area contributed by atoms with Crippen molar-refractivity contribution in [3.05, 3.63) is 18.0 Å². The molecule has 0 aliphatic heterocycles. The molecule has 0 amide bonds. The van der Waals surface area contributed by atoms with E-state index in [1.54, 1.807) is 24.0 Å². The van der Waals surface area contributed by atoms with Crippen molar-refractivity contribution in [2.75, 3.05) is 19.8 Å². The van der Waals surface area contributed by atoms with Crippen molar-refractivity contribution in [1.82, 2.24) is 14.6 Å². The average molecular weight is 305 g/mol. The molecule has 1 rings (SSSR count). The average Bonchev–Trinajstić information content (AvgIpc) is 2.70. The number of nitrogens with zero attached hydrogens (tertiary/aromatic N) is 1.